The molecule has 1 aliphatic rings. The quantitative estimate of drug-likeness (QED) is 0.421. The Morgan fingerprint density at radius 3 is 2.88 bits per heavy atom. The molecule has 0 spiro atoms. The van der Waals surface area contributed by atoms with Gasteiger partial charge in [0.15, 0.2) is 11.5 Å². The van der Waals surface area contributed by atoms with E-state index in [1.54, 1.807) is 25.3 Å². The van der Waals surface area contributed by atoms with Crippen LogP contribution in [0.25, 0.3) is 0 Å². The van der Waals surface area contributed by atoms with Crippen molar-refractivity contribution in [2.45, 2.75) is 33.4 Å². The average molecular weight is 450 g/mol. The zero-order chi connectivity index (χ0) is 23.2. The fraction of sp³-hybridized carbons (Fsp3) is 0.292. The Hall–Kier alpha value is -4.01. The first-order valence-corrected chi connectivity index (χ1v) is 10.7. The first-order valence-electron chi connectivity index (χ1n) is 10.7. The third-order valence-electron chi connectivity index (χ3n) is 5.11. The van der Waals surface area contributed by atoms with Crippen LogP contribution in [0.2, 0.25) is 0 Å². The third kappa shape index (κ3) is 5.43. The predicted molar refractivity (Wildman–Crippen MR) is 125 cm³/mol. The fourth-order valence-electron chi connectivity index (χ4n) is 3.39. The van der Waals surface area contributed by atoms with E-state index in [4.69, 9.17) is 14.2 Å². The summed E-state index contributed by atoms with van der Waals surface area (Å²) in [4.78, 5) is 17.6. The number of hydrogen-bond donors (Lipinski definition) is 2. The molecule has 2 aromatic carbocycles. The number of methoxy groups -OCH3 is 1. The second-order valence-electron chi connectivity index (χ2n) is 7.55. The van der Waals surface area contributed by atoms with Crippen molar-refractivity contribution in [2.24, 2.45) is 4.99 Å². The van der Waals surface area contributed by atoms with Crippen molar-refractivity contribution < 1.29 is 19.0 Å². The zero-order valence-corrected chi connectivity index (χ0v) is 18.9. The smallest absolute Gasteiger partial charge is 0.258 e. The molecule has 3 aromatic rings. The zero-order valence-electron chi connectivity index (χ0n) is 18.9. The molecule has 1 amide bonds. The van der Waals surface area contributed by atoms with Gasteiger partial charge in [-0.25, -0.2) is 4.99 Å². The van der Waals surface area contributed by atoms with Crippen molar-refractivity contribution in [3.63, 3.8) is 0 Å². The molecule has 33 heavy (non-hydrogen) atoms. The summed E-state index contributed by atoms with van der Waals surface area (Å²) in [5.41, 5.74) is 3.07. The maximum atomic E-state index is 13.0. The molecule has 1 aromatic heterocycles. The van der Waals surface area contributed by atoms with Crippen LogP contribution in [0.1, 0.15) is 35.0 Å². The van der Waals surface area contributed by atoms with Gasteiger partial charge in [0.05, 0.1) is 19.3 Å². The van der Waals surface area contributed by atoms with Crippen LogP contribution in [0.3, 0.4) is 0 Å². The number of aromatic nitrogens is 2. The predicted octanol–water partition coefficient (Wildman–Crippen LogP) is 3.74. The van der Waals surface area contributed by atoms with Gasteiger partial charge in [-0.1, -0.05) is 13.0 Å². The van der Waals surface area contributed by atoms with Gasteiger partial charge in [0.25, 0.3) is 5.91 Å². The highest BCUT2D eigenvalue weighted by molar-refractivity contribution is 6.10. The lowest BCUT2D eigenvalue weighted by Crippen LogP contribution is -2.36. The Labute approximate surface area is 192 Å². The first kappa shape index (κ1) is 22.2. The monoisotopic (exact) mass is 449 g/mol. The topological polar surface area (TPSA) is 99.0 Å². The molecule has 0 saturated heterocycles. The summed E-state index contributed by atoms with van der Waals surface area (Å²) in [6.07, 6.45) is 2.99. The van der Waals surface area contributed by atoms with E-state index in [1.807, 2.05) is 42.1 Å². The van der Waals surface area contributed by atoms with Crippen LogP contribution in [0, 0.1) is 6.92 Å². The van der Waals surface area contributed by atoms with E-state index >= 15 is 0 Å². The number of rotatable bonds is 7. The second-order valence-corrected chi connectivity index (χ2v) is 7.55. The summed E-state index contributed by atoms with van der Waals surface area (Å²) < 4.78 is 17.9. The van der Waals surface area contributed by atoms with Crippen molar-refractivity contribution >= 4 is 17.6 Å². The molecule has 0 atom stereocenters. The van der Waals surface area contributed by atoms with Crippen LogP contribution in [-0.4, -0.2) is 35.5 Å². The molecule has 0 fully saturated rings. The Morgan fingerprint density at radius 1 is 1.21 bits per heavy atom. The molecule has 172 valence electrons. The average Bonchev–Trinajstić information content (AvgIpc) is 3.43. The van der Waals surface area contributed by atoms with Gasteiger partial charge in [0.1, 0.15) is 5.75 Å². The molecule has 1 aliphatic heterocycles. The number of aliphatic imine (C=N–C) groups is 1. The minimum absolute atomic E-state index is 0.148. The molecule has 0 saturated carbocycles. The van der Waals surface area contributed by atoms with Gasteiger partial charge < -0.3 is 19.5 Å². The molecular formula is C24H27N5O4. The summed E-state index contributed by atoms with van der Waals surface area (Å²) in [6, 6.07) is 12.5. The molecular weight excluding hydrogens is 422 g/mol. The molecule has 9 heteroatoms. The molecule has 0 aliphatic carbocycles. The number of nitrogens with one attached hydrogen (secondary N) is 2. The largest absolute Gasteiger partial charge is 0.497 e. The maximum absolute atomic E-state index is 13.0. The lowest BCUT2D eigenvalue weighted by molar-refractivity contribution is 0.0976. The molecule has 9 nitrogen and oxygen atoms in total. The number of carbonyl (C=O) groups excluding carboxylic acids is 1. The minimum Gasteiger partial charge on any atom is -0.497 e. The second kappa shape index (κ2) is 10.1. The van der Waals surface area contributed by atoms with E-state index in [0.29, 0.717) is 35.3 Å². The Morgan fingerprint density at radius 2 is 2.06 bits per heavy atom. The van der Waals surface area contributed by atoms with Gasteiger partial charge in [-0.3, -0.25) is 14.8 Å². The number of hydrogen-bond acceptors (Lipinski definition) is 6. The molecule has 0 bridgehead atoms. The van der Waals surface area contributed by atoms with Crippen molar-refractivity contribution in [1.29, 1.82) is 0 Å². The Bertz CT molecular complexity index is 1170. The molecule has 2 heterocycles. The normalized spacial score (nSPS) is 12.5. The van der Waals surface area contributed by atoms with Crippen LogP contribution >= 0.6 is 0 Å². The highest BCUT2D eigenvalue weighted by Crippen LogP contribution is 2.32. The van der Waals surface area contributed by atoms with E-state index in [9.17, 15) is 4.79 Å². The van der Waals surface area contributed by atoms with Gasteiger partial charge in [0.2, 0.25) is 12.8 Å². The standard InChI is InChI=1S/C24H27N5O4/c1-4-10-29-14-18(16(2)28-29)13-25-24(26-19-6-5-7-20(12-19)31-3)27-23(30)17-8-9-21-22(11-17)33-15-32-21/h5-9,11-12,14H,4,10,13,15H2,1-3H3,(H2,25,26,27,30). The van der Waals surface area contributed by atoms with Gasteiger partial charge in [-0.05, 0) is 43.7 Å². The van der Waals surface area contributed by atoms with Crippen LogP contribution in [0.4, 0.5) is 5.69 Å². The number of amides is 1. The highest BCUT2D eigenvalue weighted by Gasteiger charge is 2.17. The van der Waals surface area contributed by atoms with E-state index in [0.717, 1.165) is 29.9 Å². The number of fused-ring (bicyclic) bond motifs is 1. The number of anilines is 1. The first-order chi connectivity index (χ1) is 16.1. The fourth-order valence-corrected chi connectivity index (χ4v) is 3.39. The molecule has 0 unspecified atom stereocenters. The maximum Gasteiger partial charge on any atom is 0.258 e. The van der Waals surface area contributed by atoms with Gasteiger partial charge in [-0.2, -0.15) is 5.10 Å². The number of benzene rings is 2. The van der Waals surface area contributed by atoms with Crippen LogP contribution in [-0.2, 0) is 13.1 Å². The number of ether oxygens (including phenoxy) is 3. The lowest BCUT2D eigenvalue weighted by Gasteiger charge is -2.13. The van der Waals surface area contributed by atoms with E-state index < -0.39 is 0 Å². The van der Waals surface area contributed by atoms with E-state index in [2.05, 4.69) is 27.6 Å². The SMILES string of the molecule is CCCn1cc(CN=C(NC(=O)c2ccc3c(c2)OCO3)Nc2cccc(OC)c2)c(C)n1. The van der Waals surface area contributed by atoms with Gasteiger partial charge >= 0.3 is 0 Å². The van der Waals surface area contributed by atoms with Crippen molar-refractivity contribution in [1.82, 2.24) is 15.1 Å². The van der Waals surface area contributed by atoms with Crippen LogP contribution < -0.4 is 24.8 Å². The summed E-state index contributed by atoms with van der Waals surface area (Å²) >= 11 is 0. The minimum atomic E-state index is -0.319. The number of aryl methyl sites for hydroxylation is 2. The Balaban J connectivity index is 1.56. The third-order valence-corrected chi connectivity index (χ3v) is 5.11. The number of nitrogens with zero attached hydrogens (tertiary/aromatic N) is 3. The van der Waals surface area contributed by atoms with Gasteiger partial charge in [0, 0.05) is 35.6 Å². The van der Waals surface area contributed by atoms with Crippen molar-refractivity contribution in [3.8, 4) is 17.2 Å². The molecule has 2 N–H and O–H groups in total. The van der Waals surface area contributed by atoms with E-state index in [-0.39, 0.29) is 12.7 Å². The van der Waals surface area contributed by atoms with Crippen molar-refractivity contribution in [2.75, 3.05) is 19.2 Å². The summed E-state index contributed by atoms with van der Waals surface area (Å²) in [7, 11) is 1.60. The number of guanidine groups is 1. The van der Waals surface area contributed by atoms with E-state index in [1.165, 1.54) is 0 Å². The highest BCUT2D eigenvalue weighted by atomic mass is 16.7. The summed E-state index contributed by atoms with van der Waals surface area (Å²) in [5.74, 6) is 1.85. The number of carbonyl (C=O) groups is 1. The van der Waals surface area contributed by atoms with Crippen LogP contribution in [0.15, 0.2) is 53.7 Å². The Kier molecular flexibility index (Phi) is 6.77. The lowest BCUT2D eigenvalue weighted by atomic mass is 10.2. The molecule has 0 radical (unpaired) electrons. The summed E-state index contributed by atoms with van der Waals surface area (Å²) in [5, 5.41) is 10.6. The summed E-state index contributed by atoms with van der Waals surface area (Å²) in [6.45, 7) is 5.42. The van der Waals surface area contributed by atoms with Crippen LogP contribution in [0.5, 0.6) is 17.2 Å². The van der Waals surface area contributed by atoms with Crippen molar-refractivity contribution in [3.05, 3.63) is 65.5 Å². The van der Waals surface area contributed by atoms with Gasteiger partial charge in [-0.15, -0.1) is 0 Å². The molecule has 4 rings (SSSR count).